The first-order valence-corrected chi connectivity index (χ1v) is 10.4. The maximum Gasteiger partial charge on any atom is 0.326 e. The van der Waals surface area contributed by atoms with E-state index < -0.39 is 24.1 Å². The zero-order valence-electron chi connectivity index (χ0n) is 16.8. The standard InChI is InChI=1S/C20H34N2O5/c1-4-6-10-15(20(26)27-5-2)21-13(3)18(23)22-16-11-8-7-9-14(16)12-17(22)19(24)25/h13-17,21H,4-12H2,1-3H3,(H,24,25)/t13?,14?,15-,16?,17-/m0/s1. The zero-order chi connectivity index (χ0) is 20.0. The Labute approximate surface area is 161 Å². The fraction of sp³-hybridized carbons (Fsp3) is 0.850. The van der Waals surface area contributed by atoms with Crippen molar-refractivity contribution in [1.29, 1.82) is 0 Å². The van der Waals surface area contributed by atoms with Crippen molar-refractivity contribution in [3.8, 4) is 0 Å². The maximum atomic E-state index is 13.2. The molecule has 7 nitrogen and oxygen atoms in total. The third-order valence-electron chi connectivity index (χ3n) is 5.87. The molecule has 2 fully saturated rings. The number of esters is 1. The summed E-state index contributed by atoms with van der Waals surface area (Å²) in [5.74, 6) is -1.23. The third-order valence-corrected chi connectivity index (χ3v) is 5.87. The zero-order valence-corrected chi connectivity index (χ0v) is 16.8. The second-order valence-corrected chi connectivity index (χ2v) is 7.78. The van der Waals surface area contributed by atoms with Crippen LogP contribution in [0.15, 0.2) is 0 Å². The summed E-state index contributed by atoms with van der Waals surface area (Å²) in [5.41, 5.74) is 0. The fourth-order valence-electron chi connectivity index (χ4n) is 4.51. The van der Waals surface area contributed by atoms with E-state index in [1.807, 2.05) is 6.92 Å². The van der Waals surface area contributed by atoms with Crippen LogP contribution in [0.2, 0.25) is 0 Å². The van der Waals surface area contributed by atoms with Gasteiger partial charge in [0, 0.05) is 6.04 Å². The predicted molar refractivity (Wildman–Crippen MR) is 101 cm³/mol. The highest BCUT2D eigenvalue weighted by Gasteiger charge is 2.48. The van der Waals surface area contributed by atoms with Crippen LogP contribution in [0.3, 0.4) is 0 Å². The first-order chi connectivity index (χ1) is 12.9. The van der Waals surface area contributed by atoms with E-state index in [0.717, 1.165) is 38.5 Å². The fourth-order valence-corrected chi connectivity index (χ4v) is 4.51. The average Bonchev–Trinajstić information content (AvgIpc) is 3.04. The van der Waals surface area contributed by atoms with Crippen LogP contribution >= 0.6 is 0 Å². The largest absolute Gasteiger partial charge is 0.480 e. The molecule has 7 heteroatoms. The van der Waals surface area contributed by atoms with Crippen molar-refractivity contribution in [3.63, 3.8) is 0 Å². The number of nitrogens with zero attached hydrogens (tertiary/aromatic N) is 1. The maximum absolute atomic E-state index is 13.2. The summed E-state index contributed by atoms with van der Waals surface area (Å²) in [6.07, 6.45) is 6.91. The van der Waals surface area contributed by atoms with Crippen molar-refractivity contribution in [1.82, 2.24) is 10.2 Å². The highest BCUT2D eigenvalue weighted by molar-refractivity contribution is 5.88. The van der Waals surface area contributed by atoms with E-state index >= 15 is 0 Å². The molecule has 2 N–H and O–H groups in total. The lowest BCUT2D eigenvalue weighted by molar-refractivity contribution is -0.152. The molecule has 27 heavy (non-hydrogen) atoms. The number of carbonyl (C=O) groups excluding carboxylic acids is 2. The number of rotatable bonds is 9. The van der Waals surface area contributed by atoms with Crippen LogP contribution in [-0.2, 0) is 19.1 Å². The number of fused-ring (bicyclic) bond motifs is 1. The molecule has 2 aliphatic rings. The molecule has 0 spiro atoms. The quantitative estimate of drug-likeness (QED) is 0.594. The van der Waals surface area contributed by atoms with E-state index in [0.29, 0.717) is 19.4 Å². The number of likely N-dealkylation sites (tertiary alicyclic amines) is 1. The van der Waals surface area contributed by atoms with Crippen molar-refractivity contribution < 1.29 is 24.2 Å². The van der Waals surface area contributed by atoms with E-state index in [1.54, 1.807) is 18.7 Å². The number of unbranched alkanes of at least 4 members (excludes halogenated alkanes) is 1. The van der Waals surface area contributed by atoms with Gasteiger partial charge in [0.25, 0.3) is 0 Å². The molecule has 1 heterocycles. The van der Waals surface area contributed by atoms with Crippen molar-refractivity contribution in [3.05, 3.63) is 0 Å². The van der Waals surface area contributed by atoms with E-state index in [-0.39, 0.29) is 23.8 Å². The van der Waals surface area contributed by atoms with Crippen molar-refractivity contribution >= 4 is 17.8 Å². The summed E-state index contributed by atoms with van der Waals surface area (Å²) in [6.45, 7) is 5.81. The van der Waals surface area contributed by atoms with Gasteiger partial charge in [-0.3, -0.25) is 14.9 Å². The smallest absolute Gasteiger partial charge is 0.326 e. The Hall–Kier alpha value is -1.63. The molecule has 0 aromatic carbocycles. The molecule has 1 aliphatic heterocycles. The molecule has 2 rings (SSSR count). The van der Waals surface area contributed by atoms with Gasteiger partial charge in [-0.25, -0.2) is 4.79 Å². The van der Waals surface area contributed by atoms with Crippen LogP contribution in [0.25, 0.3) is 0 Å². The number of aliphatic carboxylic acids is 1. The highest BCUT2D eigenvalue weighted by Crippen LogP contribution is 2.40. The Morgan fingerprint density at radius 3 is 2.56 bits per heavy atom. The molecule has 1 amide bonds. The van der Waals surface area contributed by atoms with E-state index in [2.05, 4.69) is 5.32 Å². The van der Waals surface area contributed by atoms with E-state index in [9.17, 15) is 19.5 Å². The normalized spacial score (nSPS) is 26.9. The summed E-state index contributed by atoms with van der Waals surface area (Å²) in [4.78, 5) is 38.7. The van der Waals surface area contributed by atoms with Crippen LogP contribution in [0.1, 0.15) is 72.1 Å². The van der Waals surface area contributed by atoms with Gasteiger partial charge in [0.15, 0.2) is 0 Å². The number of ether oxygens (including phenoxy) is 1. The summed E-state index contributed by atoms with van der Waals surface area (Å²) in [6, 6.07) is -1.92. The summed E-state index contributed by atoms with van der Waals surface area (Å²) >= 11 is 0. The van der Waals surface area contributed by atoms with Gasteiger partial charge < -0.3 is 14.7 Å². The third kappa shape index (κ3) is 5.21. The van der Waals surface area contributed by atoms with Crippen LogP contribution in [0.5, 0.6) is 0 Å². The number of hydrogen-bond acceptors (Lipinski definition) is 5. The summed E-state index contributed by atoms with van der Waals surface area (Å²) < 4.78 is 5.13. The monoisotopic (exact) mass is 382 g/mol. The first kappa shape index (κ1) is 21.7. The Kier molecular flexibility index (Phi) is 8.07. The minimum atomic E-state index is -0.933. The van der Waals surface area contributed by atoms with Gasteiger partial charge in [0.2, 0.25) is 5.91 Å². The molecule has 0 aromatic rings. The topological polar surface area (TPSA) is 95.9 Å². The second kappa shape index (κ2) is 10.1. The molecule has 0 bridgehead atoms. The minimum absolute atomic E-state index is 0.00767. The number of nitrogens with one attached hydrogen (secondary N) is 1. The van der Waals surface area contributed by atoms with Gasteiger partial charge in [-0.15, -0.1) is 0 Å². The van der Waals surface area contributed by atoms with Gasteiger partial charge in [-0.05, 0) is 45.4 Å². The van der Waals surface area contributed by atoms with Crippen LogP contribution in [0.4, 0.5) is 0 Å². The highest BCUT2D eigenvalue weighted by atomic mass is 16.5. The summed E-state index contributed by atoms with van der Waals surface area (Å²) in [5, 5.41) is 12.7. The number of hydrogen-bond donors (Lipinski definition) is 2. The van der Waals surface area contributed by atoms with Crippen LogP contribution in [-0.4, -0.2) is 58.6 Å². The molecule has 1 saturated heterocycles. The van der Waals surface area contributed by atoms with Crippen LogP contribution in [0, 0.1) is 5.92 Å². The van der Waals surface area contributed by atoms with Crippen molar-refractivity contribution in [2.75, 3.05) is 6.61 Å². The summed E-state index contributed by atoms with van der Waals surface area (Å²) in [7, 11) is 0. The molecule has 1 aliphatic carbocycles. The first-order valence-electron chi connectivity index (χ1n) is 10.4. The molecule has 5 atom stereocenters. The number of carbonyl (C=O) groups is 3. The second-order valence-electron chi connectivity index (χ2n) is 7.78. The Balaban J connectivity index is 2.10. The molecule has 1 saturated carbocycles. The minimum Gasteiger partial charge on any atom is -0.480 e. The molecular weight excluding hydrogens is 348 g/mol. The number of carboxylic acids is 1. The SMILES string of the molecule is CCCC[C@H](NC(C)C(=O)N1C2CCCCC2C[C@H]1C(=O)O)C(=O)OCC. The van der Waals surface area contributed by atoms with Crippen molar-refractivity contribution in [2.24, 2.45) is 5.92 Å². The van der Waals surface area contributed by atoms with Gasteiger partial charge in [0.05, 0.1) is 12.6 Å². The van der Waals surface area contributed by atoms with Gasteiger partial charge in [-0.1, -0.05) is 32.6 Å². The van der Waals surface area contributed by atoms with Gasteiger partial charge in [0.1, 0.15) is 12.1 Å². The Bertz CT molecular complexity index is 538. The number of carboxylic acid groups (broad SMARTS) is 1. The lowest BCUT2D eigenvalue weighted by Crippen LogP contribution is -2.55. The number of amides is 1. The van der Waals surface area contributed by atoms with E-state index in [1.165, 1.54) is 0 Å². The lowest BCUT2D eigenvalue weighted by Gasteiger charge is -2.35. The molecule has 154 valence electrons. The van der Waals surface area contributed by atoms with Crippen molar-refractivity contribution in [2.45, 2.75) is 96.3 Å². The Morgan fingerprint density at radius 2 is 1.93 bits per heavy atom. The van der Waals surface area contributed by atoms with Gasteiger partial charge >= 0.3 is 11.9 Å². The molecule has 0 radical (unpaired) electrons. The predicted octanol–water partition coefficient (Wildman–Crippen LogP) is 2.33. The Morgan fingerprint density at radius 1 is 1.22 bits per heavy atom. The van der Waals surface area contributed by atoms with Gasteiger partial charge in [-0.2, -0.15) is 0 Å². The molecule has 0 aromatic heterocycles. The molecular formula is C20H34N2O5. The average molecular weight is 383 g/mol. The molecule has 3 unspecified atom stereocenters. The van der Waals surface area contributed by atoms with Crippen LogP contribution < -0.4 is 5.32 Å². The lowest BCUT2D eigenvalue weighted by atomic mass is 9.84. The van der Waals surface area contributed by atoms with E-state index in [4.69, 9.17) is 4.74 Å².